The smallest absolute Gasteiger partial charge is 0.463 e. The van der Waals surface area contributed by atoms with E-state index in [-0.39, 0.29) is 6.61 Å². The molecule has 0 rings (SSSR count). The van der Waals surface area contributed by atoms with Gasteiger partial charge in [-0.25, -0.2) is 4.79 Å². The maximum atomic E-state index is 11.7. The van der Waals surface area contributed by atoms with Gasteiger partial charge in [0.05, 0.1) is 6.61 Å². The minimum Gasteiger partial charge on any atom is -0.463 e. The number of rotatable bonds is 21. The predicted octanol–water partition coefficient (Wildman–Crippen LogP) is 4.60. The lowest BCUT2D eigenvalue weighted by Gasteiger charge is -2.50. The SMILES string of the molecule is C=CC(=O)OCCCC(CCN=C(C)CC(C)C)([Si](OC)(OC)OC)[Si](OCC)(OCC)OCC. The standard InChI is InChI=1S/C24H49NO8Si2/c1-11-23(26)30-19-15-16-24(34(27-8,28-9)29-10,17-18-25-22(7)20-21(5)6)35(31-12-2,32-13-3)33-14-4/h11,21H,1,12-20H2,2-10H3. The largest absolute Gasteiger partial charge is 0.512 e. The summed E-state index contributed by atoms with van der Waals surface area (Å²) < 4.78 is 41.9. The molecule has 0 aromatic carbocycles. The van der Waals surface area contributed by atoms with E-state index in [0.717, 1.165) is 18.2 Å². The van der Waals surface area contributed by atoms with Crippen LogP contribution in [-0.2, 0) is 36.1 Å². The van der Waals surface area contributed by atoms with Crippen molar-refractivity contribution < 1.29 is 36.1 Å². The van der Waals surface area contributed by atoms with E-state index < -0.39 is 28.2 Å². The first-order chi connectivity index (χ1) is 16.6. The number of carbonyl (C=O) groups is 1. The highest BCUT2D eigenvalue weighted by Crippen LogP contribution is 2.55. The van der Waals surface area contributed by atoms with Crippen LogP contribution in [0, 0.1) is 5.92 Å². The number of ether oxygens (including phenoxy) is 1. The second-order valence-electron chi connectivity index (χ2n) is 8.55. The number of hydrogen-bond donors (Lipinski definition) is 0. The molecule has 11 heteroatoms. The van der Waals surface area contributed by atoms with E-state index in [2.05, 4.69) is 20.4 Å². The van der Waals surface area contributed by atoms with Gasteiger partial charge in [0.1, 0.15) is 4.66 Å². The third-order valence-corrected chi connectivity index (χ3v) is 14.6. The van der Waals surface area contributed by atoms with Crippen LogP contribution >= 0.6 is 0 Å². The van der Waals surface area contributed by atoms with E-state index in [1.807, 2.05) is 27.7 Å². The molecule has 0 aromatic heterocycles. The van der Waals surface area contributed by atoms with Crippen LogP contribution in [-0.4, -0.2) is 83.6 Å². The van der Waals surface area contributed by atoms with Crippen LogP contribution in [0.5, 0.6) is 0 Å². The van der Waals surface area contributed by atoms with Gasteiger partial charge in [-0.1, -0.05) is 20.4 Å². The van der Waals surface area contributed by atoms with Crippen molar-refractivity contribution in [2.24, 2.45) is 10.9 Å². The topological polar surface area (TPSA) is 94.0 Å². The van der Waals surface area contributed by atoms with Gasteiger partial charge in [-0.15, -0.1) is 0 Å². The third-order valence-electron chi connectivity index (χ3n) is 5.76. The van der Waals surface area contributed by atoms with Gasteiger partial charge in [-0.2, -0.15) is 0 Å². The molecule has 0 radical (unpaired) electrons. The molecular weight excluding hydrogens is 486 g/mol. The number of nitrogens with zero attached hydrogens (tertiary/aromatic N) is 1. The zero-order valence-electron chi connectivity index (χ0n) is 23.4. The minimum atomic E-state index is -3.51. The van der Waals surface area contributed by atoms with Crippen molar-refractivity contribution in [2.45, 2.75) is 71.9 Å². The van der Waals surface area contributed by atoms with Gasteiger partial charge in [0.15, 0.2) is 0 Å². The van der Waals surface area contributed by atoms with Crippen LogP contribution in [0.25, 0.3) is 0 Å². The van der Waals surface area contributed by atoms with Gasteiger partial charge < -0.3 is 31.3 Å². The fraction of sp³-hybridized carbons (Fsp3) is 0.833. The van der Waals surface area contributed by atoms with Crippen LogP contribution < -0.4 is 0 Å². The lowest BCUT2D eigenvalue weighted by molar-refractivity contribution is -0.137. The molecule has 0 aliphatic carbocycles. The first kappa shape index (κ1) is 34.1. The summed E-state index contributed by atoms with van der Waals surface area (Å²) in [7, 11) is -2.23. The van der Waals surface area contributed by atoms with Crippen LogP contribution in [0.2, 0.25) is 4.66 Å². The first-order valence-corrected chi connectivity index (χ1v) is 15.9. The average Bonchev–Trinajstić information content (AvgIpc) is 2.82. The highest BCUT2D eigenvalue weighted by atomic mass is 28.5. The number of aliphatic imine (C=N–C) groups is 1. The van der Waals surface area contributed by atoms with E-state index >= 15 is 0 Å². The molecule has 0 fully saturated rings. The van der Waals surface area contributed by atoms with Crippen LogP contribution in [0.15, 0.2) is 17.6 Å². The summed E-state index contributed by atoms with van der Waals surface area (Å²) in [4.78, 5) is 16.5. The number of carbonyl (C=O) groups excluding carboxylic acids is 1. The molecule has 0 aliphatic rings. The second-order valence-corrected chi connectivity index (χ2v) is 15.3. The number of esters is 1. The molecule has 0 aromatic rings. The molecule has 0 heterocycles. The van der Waals surface area contributed by atoms with Crippen molar-refractivity contribution in [1.82, 2.24) is 0 Å². The maximum absolute atomic E-state index is 11.7. The van der Waals surface area contributed by atoms with E-state index in [9.17, 15) is 4.79 Å². The Bertz CT molecular complexity index is 618. The van der Waals surface area contributed by atoms with Gasteiger partial charge in [-0.3, -0.25) is 4.99 Å². The predicted molar refractivity (Wildman–Crippen MR) is 143 cm³/mol. The van der Waals surface area contributed by atoms with Gasteiger partial charge in [-0.05, 0) is 59.3 Å². The Balaban J connectivity index is 6.76. The molecule has 1 unspecified atom stereocenters. The van der Waals surface area contributed by atoms with Gasteiger partial charge in [0.25, 0.3) is 0 Å². The zero-order valence-corrected chi connectivity index (χ0v) is 25.4. The van der Waals surface area contributed by atoms with E-state index in [1.165, 1.54) is 0 Å². The fourth-order valence-electron chi connectivity index (χ4n) is 4.57. The summed E-state index contributed by atoms with van der Waals surface area (Å²) in [5.74, 6) is 0.0401. The van der Waals surface area contributed by atoms with Gasteiger partial charge in [0.2, 0.25) is 0 Å². The molecule has 206 valence electrons. The van der Waals surface area contributed by atoms with Crippen molar-refractivity contribution in [1.29, 1.82) is 0 Å². The Morgan fingerprint density at radius 3 is 1.86 bits per heavy atom. The average molecular weight is 536 g/mol. The van der Waals surface area contributed by atoms with Crippen LogP contribution in [0.1, 0.15) is 67.2 Å². The molecule has 9 nitrogen and oxygen atoms in total. The lowest BCUT2D eigenvalue weighted by atomic mass is 10.1. The highest BCUT2D eigenvalue weighted by molar-refractivity contribution is 6.85. The summed E-state index contributed by atoms with van der Waals surface area (Å²) in [5, 5.41) is 0. The molecule has 0 bridgehead atoms. The lowest BCUT2D eigenvalue weighted by Crippen LogP contribution is -2.70. The molecular formula is C24H49NO8Si2. The van der Waals surface area contributed by atoms with Gasteiger partial charge >= 0.3 is 23.6 Å². The Kier molecular flexibility index (Phi) is 17.1. The monoisotopic (exact) mass is 535 g/mol. The Labute approximate surface area is 215 Å². The maximum Gasteiger partial charge on any atom is 0.512 e. The summed E-state index contributed by atoms with van der Waals surface area (Å²) in [6, 6.07) is 0. The third kappa shape index (κ3) is 9.15. The Morgan fingerprint density at radius 1 is 0.943 bits per heavy atom. The van der Waals surface area contributed by atoms with E-state index in [1.54, 1.807) is 21.3 Å². The fourth-order valence-corrected chi connectivity index (χ4v) is 13.3. The molecule has 0 N–H and O–H groups in total. The summed E-state index contributed by atoms with van der Waals surface area (Å²) in [5.41, 5.74) is 1.07. The molecule has 1 atom stereocenters. The van der Waals surface area contributed by atoms with Crippen LogP contribution in [0.4, 0.5) is 0 Å². The van der Waals surface area contributed by atoms with E-state index in [4.69, 9.17) is 36.3 Å². The van der Waals surface area contributed by atoms with Crippen LogP contribution in [0.3, 0.4) is 0 Å². The molecule has 0 amide bonds. The first-order valence-electron chi connectivity index (χ1n) is 12.5. The number of hydrogen-bond acceptors (Lipinski definition) is 9. The minimum absolute atomic E-state index is 0.193. The Hall–Kier alpha value is -0.926. The molecule has 0 spiro atoms. The molecule has 0 aliphatic heterocycles. The quantitative estimate of drug-likeness (QED) is 0.0692. The van der Waals surface area contributed by atoms with E-state index in [0.29, 0.717) is 51.5 Å². The summed E-state index contributed by atoms with van der Waals surface area (Å²) >= 11 is 0. The molecule has 0 saturated carbocycles. The Morgan fingerprint density at radius 2 is 1.46 bits per heavy atom. The van der Waals surface area contributed by atoms with Crippen molar-refractivity contribution in [3.8, 4) is 0 Å². The van der Waals surface area contributed by atoms with Crippen molar-refractivity contribution in [3.05, 3.63) is 12.7 Å². The normalized spacial score (nSPS) is 14.7. The zero-order chi connectivity index (χ0) is 27.0. The van der Waals surface area contributed by atoms with Crippen molar-refractivity contribution in [3.63, 3.8) is 0 Å². The molecule has 0 saturated heterocycles. The highest BCUT2D eigenvalue weighted by Gasteiger charge is 2.75. The molecule has 35 heavy (non-hydrogen) atoms. The van der Waals surface area contributed by atoms with Crippen molar-refractivity contribution in [2.75, 3.05) is 54.3 Å². The second kappa shape index (κ2) is 17.5. The summed E-state index contributed by atoms with van der Waals surface area (Å²) in [6.07, 6.45) is 3.55. The van der Waals surface area contributed by atoms with Gasteiger partial charge in [0, 0.05) is 59.5 Å². The summed E-state index contributed by atoms with van der Waals surface area (Å²) in [6.45, 7) is 17.4. The van der Waals surface area contributed by atoms with Crippen molar-refractivity contribution >= 4 is 29.3 Å².